The minimum absolute atomic E-state index is 0.0302. The van der Waals surface area contributed by atoms with Crippen molar-refractivity contribution >= 4 is 5.91 Å². The fraction of sp³-hybridized carbons (Fsp3) is 0.588. The second-order valence-electron chi connectivity index (χ2n) is 6.01. The van der Waals surface area contributed by atoms with Crippen molar-refractivity contribution in [2.24, 2.45) is 5.73 Å². The van der Waals surface area contributed by atoms with Crippen LogP contribution < -0.4 is 5.73 Å². The summed E-state index contributed by atoms with van der Waals surface area (Å²) < 4.78 is 5.76. The maximum absolute atomic E-state index is 12.2. The molecule has 2 atom stereocenters. The van der Waals surface area contributed by atoms with E-state index in [4.69, 9.17) is 10.5 Å². The zero-order chi connectivity index (χ0) is 15.9. The van der Waals surface area contributed by atoms with Gasteiger partial charge in [0.1, 0.15) is 0 Å². The fourth-order valence-electron chi connectivity index (χ4n) is 2.63. The molecule has 1 heterocycles. The number of nitrogens with two attached hydrogens (primary N) is 1. The van der Waals surface area contributed by atoms with E-state index in [2.05, 4.69) is 29.2 Å². The summed E-state index contributed by atoms with van der Waals surface area (Å²) >= 11 is 0. The van der Waals surface area contributed by atoms with Crippen molar-refractivity contribution in [1.29, 1.82) is 0 Å². The Morgan fingerprint density at radius 1 is 1.45 bits per heavy atom. The molecule has 2 unspecified atom stereocenters. The van der Waals surface area contributed by atoms with Gasteiger partial charge in [0.25, 0.3) is 0 Å². The van der Waals surface area contributed by atoms with Crippen LogP contribution in [-0.4, -0.2) is 61.1 Å². The highest BCUT2D eigenvalue weighted by Gasteiger charge is 2.25. The maximum Gasteiger partial charge on any atom is 0.225 e. The average Bonchev–Trinajstić information content (AvgIpc) is 2.54. The summed E-state index contributed by atoms with van der Waals surface area (Å²) in [6.07, 6.45) is 0.393. The van der Waals surface area contributed by atoms with E-state index in [1.807, 2.05) is 20.0 Å². The highest BCUT2D eigenvalue weighted by atomic mass is 16.5. The number of rotatable bonds is 6. The lowest BCUT2D eigenvalue weighted by Gasteiger charge is -2.34. The number of ether oxygens (including phenoxy) is 1. The Morgan fingerprint density at radius 3 is 2.86 bits per heavy atom. The number of benzene rings is 1. The van der Waals surface area contributed by atoms with Crippen molar-refractivity contribution in [2.45, 2.75) is 32.0 Å². The molecule has 1 aliphatic heterocycles. The lowest BCUT2D eigenvalue weighted by molar-refractivity contribution is -0.136. The van der Waals surface area contributed by atoms with Gasteiger partial charge in [-0.05, 0) is 12.5 Å². The molecule has 1 amide bonds. The van der Waals surface area contributed by atoms with E-state index in [1.54, 1.807) is 4.90 Å². The van der Waals surface area contributed by atoms with E-state index in [-0.39, 0.29) is 18.1 Å². The fourth-order valence-corrected chi connectivity index (χ4v) is 2.63. The number of amides is 1. The van der Waals surface area contributed by atoms with Gasteiger partial charge in [-0.15, -0.1) is 0 Å². The van der Waals surface area contributed by atoms with E-state index in [1.165, 1.54) is 5.56 Å². The number of likely N-dealkylation sites (N-methyl/N-ethyl adjacent to an activating group) is 1. The minimum Gasteiger partial charge on any atom is -0.375 e. The van der Waals surface area contributed by atoms with Crippen LogP contribution in [0.4, 0.5) is 0 Å². The largest absolute Gasteiger partial charge is 0.375 e. The zero-order valence-electron chi connectivity index (χ0n) is 13.6. The molecule has 1 aliphatic rings. The SMILES string of the molecule is CC(CN)N(C)C(=O)CC1CN(Cc2ccccc2)CCO1. The molecule has 0 aromatic heterocycles. The smallest absolute Gasteiger partial charge is 0.225 e. The molecule has 1 saturated heterocycles. The standard InChI is InChI=1S/C17H27N3O2/c1-14(11-18)19(2)17(21)10-16-13-20(8-9-22-16)12-15-6-4-3-5-7-15/h3-7,14,16H,8-13,18H2,1-2H3. The summed E-state index contributed by atoms with van der Waals surface area (Å²) in [5.41, 5.74) is 6.91. The second kappa shape index (κ2) is 8.27. The Balaban J connectivity index is 1.84. The molecule has 0 radical (unpaired) electrons. The van der Waals surface area contributed by atoms with Gasteiger partial charge >= 0.3 is 0 Å². The van der Waals surface area contributed by atoms with Crippen molar-refractivity contribution in [2.75, 3.05) is 33.3 Å². The number of carbonyl (C=O) groups is 1. The Labute approximate surface area is 133 Å². The third kappa shape index (κ3) is 4.80. The molecule has 1 fully saturated rings. The first kappa shape index (κ1) is 16.9. The predicted octanol–water partition coefficient (Wildman–Crippen LogP) is 1.08. The van der Waals surface area contributed by atoms with Crippen molar-refractivity contribution in [3.63, 3.8) is 0 Å². The molecule has 5 heteroatoms. The molecule has 1 aromatic carbocycles. The first-order chi connectivity index (χ1) is 10.6. The van der Waals surface area contributed by atoms with Crippen LogP contribution in [0.15, 0.2) is 30.3 Å². The molecular formula is C17H27N3O2. The Kier molecular flexibility index (Phi) is 6.36. The summed E-state index contributed by atoms with van der Waals surface area (Å²) in [6.45, 7) is 5.74. The van der Waals surface area contributed by atoms with Crippen molar-refractivity contribution in [1.82, 2.24) is 9.80 Å². The van der Waals surface area contributed by atoms with Gasteiger partial charge in [0.05, 0.1) is 19.1 Å². The lowest BCUT2D eigenvalue weighted by Crippen LogP contribution is -2.46. The number of nitrogens with zero attached hydrogens (tertiary/aromatic N) is 2. The first-order valence-corrected chi connectivity index (χ1v) is 7.93. The van der Waals surface area contributed by atoms with E-state index >= 15 is 0 Å². The molecule has 0 aliphatic carbocycles. The highest BCUT2D eigenvalue weighted by Crippen LogP contribution is 2.14. The molecule has 22 heavy (non-hydrogen) atoms. The van der Waals surface area contributed by atoms with E-state index < -0.39 is 0 Å². The minimum atomic E-state index is -0.0302. The Morgan fingerprint density at radius 2 is 2.18 bits per heavy atom. The molecule has 0 bridgehead atoms. The topological polar surface area (TPSA) is 58.8 Å². The van der Waals surface area contributed by atoms with E-state index in [0.717, 1.165) is 19.6 Å². The summed E-state index contributed by atoms with van der Waals surface area (Å²) in [4.78, 5) is 16.3. The Hall–Kier alpha value is -1.43. The van der Waals surface area contributed by atoms with Crippen LogP contribution in [0.3, 0.4) is 0 Å². The number of hydrogen-bond donors (Lipinski definition) is 1. The monoisotopic (exact) mass is 305 g/mol. The molecule has 5 nitrogen and oxygen atoms in total. The summed E-state index contributed by atoms with van der Waals surface area (Å²) in [5, 5.41) is 0. The zero-order valence-corrected chi connectivity index (χ0v) is 13.6. The third-order valence-corrected chi connectivity index (χ3v) is 4.27. The highest BCUT2D eigenvalue weighted by molar-refractivity contribution is 5.76. The van der Waals surface area contributed by atoms with Gasteiger partial charge < -0.3 is 15.4 Å². The van der Waals surface area contributed by atoms with Gasteiger partial charge in [0.15, 0.2) is 0 Å². The second-order valence-corrected chi connectivity index (χ2v) is 6.01. The number of carbonyl (C=O) groups excluding carboxylic acids is 1. The molecule has 2 rings (SSSR count). The van der Waals surface area contributed by atoms with Crippen LogP contribution in [0.25, 0.3) is 0 Å². The molecule has 0 spiro atoms. The van der Waals surface area contributed by atoms with E-state index in [0.29, 0.717) is 19.6 Å². The normalized spacial score (nSPS) is 20.6. The molecule has 0 saturated carbocycles. The lowest BCUT2D eigenvalue weighted by atomic mass is 10.1. The summed E-state index contributed by atoms with van der Waals surface area (Å²) in [5.74, 6) is 0.101. The van der Waals surface area contributed by atoms with Crippen LogP contribution >= 0.6 is 0 Å². The number of morpholine rings is 1. The van der Waals surface area contributed by atoms with Gasteiger partial charge in [0, 0.05) is 39.3 Å². The average molecular weight is 305 g/mol. The van der Waals surface area contributed by atoms with Gasteiger partial charge in [-0.25, -0.2) is 0 Å². The summed E-state index contributed by atoms with van der Waals surface area (Å²) in [7, 11) is 1.81. The van der Waals surface area contributed by atoms with Crippen molar-refractivity contribution < 1.29 is 9.53 Å². The van der Waals surface area contributed by atoms with Crippen molar-refractivity contribution in [3.8, 4) is 0 Å². The first-order valence-electron chi connectivity index (χ1n) is 7.93. The van der Waals surface area contributed by atoms with Gasteiger partial charge in [-0.3, -0.25) is 9.69 Å². The molecule has 2 N–H and O–H groups in total. The summed E-state index contributed by atoms with van der Waals surface area (Å²) in [6, 6.07) is 10.5. The maximum atomic E-state index is 12.2. The van der Waals surface area contributed by atoms with Crippen LogP contribution in [-0.2, 0) is 16.1 Å². The molecular weight excluding hydrogens is 278 g/mol. The van der Waals surface area contributed by atoms with Crippen LogP contribution in [0.5, 0.6) is 0 Å². The Bertz CT molecular complexity index is 466. The molecule has 1 aromatic rings. The van der Waals surface area contributed by atoms with Crippen LogP contribution in [0, 0.1) is 0 Å². The van der Waals surface area contributed by atoms with E-state index in [9.17, 15) is 4.79 Å². The van der Waals surface area contributed by atoms with Gasteiger partial charge in [-0.2, -0.15) is 0 Å². The van der Waals surface area contributed by atoms with Gasteiger partial charge in [-0.1, -0.05) is 30.3 Å². The van der Waals surface area contributed by atoms with Crippen molar-refractivity contribution in [3.05, 3.63) is 35.9 Å². The third-order valence-electron chi connectivity index (χ3n) is 4.27. The number of hydrogen-bond acceptors (Lipinski definition) is 4. The quantitative estimate of drug-likeness (QED) is 0.854. The van der Waals surface area contributed by atoms with Crippen LogP contribution in [0.1, 0.15) is 18.9 Å². The van der Waals surface area contributed by atoms with Gasteiger partial charge in [0.2, 0.25) is 5.91 Å². The molecule has 122 valence electrons. The predicted molar refractivity (Wildman–Crippen MR) is 87.4 cm³/mol. The van der Waals surface area contributed by atoms with Crippen LogP contribution in [0.2, 0.25) is 0 Å².